The fourth-order valence-electron chi connectivity index (χ4n) is 3.76. The molecule has 2 aromatic carbocycles. The number of carbonyl (C=O) groups excluding carboxylic acids is 1. The van der Waals surface area contributed by atoms with E-state index in [1.807, 2.05) is 50.5 Å². The molecule has 1 aromatic heterocycles. The monoisotopic (exact) mass is 438 g/mol. The van der Waals surface area contributed by atoms with E-state index in [1.54, 1.807) is 16.8 Å². The molecule has 0 atom stereocenters. The van der Waals surface area contributed by atoms with Crippen molar-refractivity contribution in [2.45, 2.75) is 25.9 Å². The van der Waals surface area contributed by atoms with Crippen LogP contribution >= 0.6 is 12.4 Å². The zero-order valence-electron chi connectivity index (χ0n) is 17.8. The highest BCUT2D eigenvalue weighted by atomic mass is 35.5. The number of piperazine rings is 1. The Morgan fingerprint density at radius 1 is 1.19 bits per heavy atom. The van der Waals surface area contributed by atoms with E-state index in [-0.39, 0.29) is 18.3 Å². The summed E-state index contributed by atoms with van der Waals surface area (Å²) in [6, 6.07) is 13.3. The Hall–Kier alpha value is -2.92. The van der Waals surface area contributed by atoms with Crippen LogP contribution < -0.4 is 10.6 Å². The molecule has 1 aliphatic heterocycles. The third-order valence-corrected chi connectivity index (χ3v) is 5.67. The SMILES string of the molecule is CC(C)(C(=O)Nc1ccc(C#N)c2ccccc12)n1cc(CN2CCNCC2)cn1.Cl. The molecular formula is C23H27ClN6O. The maximum Gasteiger partial charge on any atom is 0.251 e. The van der Waals surface area contributed by atoms with Crippen LogP contribution in [0.4, 0.5) is 5.69 Å². The summed E-state index contributed by atoms with van der Waals surface area (Å²) in [5, 5.41) is 21.9. The van der Waals surface area contributed by atoms with E-state index in [4.69, 9.17) is 0 Å². The zero-order valence-corrected chi connectivity index (χ0v) is 18.6. The molecule has 0 spiro atoms. The lowest BCUT2D eigenvalue weighted by Gasteiger charge is -2.27. The van der Waals surface area contributed by atoms with Crippen molar-refractivity contribution in [1.29, 1.82) is 5.26 Å². The van der Waals surface area contributed by atoms with Gasteiger partial charge in [-0.3, -0.25) is 14.4 Å². The summed E-state index contributed by atoms with van der Waals surface area (Å²) in [5.41, 5.74) is 1.52. The maximum atomic E-state index is 13.2. The molecule has 1 aliphatic rings. The van der Waals surface area contributed by atoms with Crippen molar-refractivity contribution >= 4 is 34.8 Å². The topological polar surface area (TPSA) is 86.0 Å². The predicted octanol–water partition coefficient (Wildman–Crippen LogP) is 3.11. The van der Waals surface area contributed by atoms with Crippen molar-refractivity contribution in [1.82, 2.24) is 20.0 Å². The van der Waals surface area contributed by atoms with E-state index < -0.39 is 5.54 Å². The van der Waals surface area contributed by atoms with Gasteiger partial charge in [0.15, 0.2) is 0 Å². The van der Waals surface area contributed by atoms with Gasteiger partial charge in [-0.1, -0.05) is 24.3 Å². The number of aromatic nitrogens is 2. The number of hydrogen-bond acceptors (Lipinski definition) is 5. The molecule has 162 valence electrons. The van der Waals surface area contributed by atoms with E-state index in [9.17, 15) is 10.1 Å². The normalized spacial score (nSPS) is 14.6. The first kappa shape index (κ1) is 22.8. The highest BCUT2D eigenvalue weighted by Gasteiger charge is 2.31. The molecular weight excluding hydrogens is 412 g/mol. The van der Waals surface area contributed by atoms with Gasteiger partial charge < -0.3 is 10.6 Å². The third kappa shape index (κ3) is 4.72. The van der Waals surface area contributed by atoms with Crippen LogP contribution in [0.15, 0.2) is 48.8 Å². The van der Waals surface area contributed by atoms with Crippen molar-refractivity contribution < 1.29 is 4.79 Å². The number of benzene rings is 2. The van der Waals surface area contributed by atoms with Gasteiger partial charge in [0.1, 0.15) is 5.54 Å². The number of nitrogens with zero attached hydrogens (tertiary/aromatic N) is 4. The van der Waals surface area contributed by atoms with Crippen molar-refractivity contribution in [3.8, 4) is 6.07 Å². The molecule has 1 saturated heterocycles. The van der Waals surface area contributed by atoms with Crippen LogP contribution in [-0.2, 0) is 16.9 Å². The van der Waals surface area contributed by atoms with Crippen LogP contribution in [0.2, 0.25) is 0 Å². The average molecular weight is 439 g/mol. The van der Waals surface area contributed by atoms with Crippen LogP contribution in [0.1, 0.15) is 25.0 Å². The third-order valence-electron chi connectivity index (χ3n) is 5.67. The summed E-state index contributed by atoms with van der Waals surface area (Å²) in [7, 11) is 0. The van der Waals surface area contributed by atoms with Gasteiger partial charge in [-0.2, -0.15) is 10.4 Å². The van der Waals surface area contributed by atoms with Crippen LogP contribution in [0.25, 0.3) is 10.8 Å². The number of nitrogens with one attached hydrogen (secondary N) is 2. The van der Waals surface area contributed by atoms with Gasteiger partial charge in [0.2, 0.25) is 0 Å². The highest BCUT2D eigenvalue weighted by molar-refractivity contribution is 6.05. The maximum absolute atomic E-state index is 13.2. The van der Waals surface area contributed by atoms with Gasteiger partial charge in [0.05, 0.1) is 17.8 Å². The minimum Gasteiger partial charge on any atom is -0.323 e. The molecule has 0 saturated carbocycles. The quantitative estimate of drug-likeness (QED) is 0.639. The summed E-state index contributed by atoms with van der Waals surface area (Å²) in [4.78, 5) is 15.6. The number of carbonyl (C=O) groups is 1. The Kier molecular flexibility index (Phi) is 6.96. The zero-order chi connectivity index (χ0) is 21.1. The summed E-state index contributed by atoms with van der Waals surface area (Å²) >= 11 is 0. The summed E-state index contributed by atoms with van der Waals surface area (Å²) in [6.45, 7) is 8.58. The number of halogens is 1. The molecule has 1 amide bonds. The number of anilines is 1. The molecule has 3 aromatic rings. The van der Waals surface area contributed by atoms with Gasteiger partial charge in [0.25, 0.3) is 5.91 Å². The summed E-state index contributed by atoms with van der Waals surface area (Å²) in [5.74, 6) is -0.158. The lowest BCUT2D eigenvalue weighted by molar-refractivity contribution is -0.123. The van der Waals surface area contributed by atoms with Crippen molar-refractivity contribution in [3.63, 3.8) is 0 Å². The number of amides is 1. The first-order valence-electron chi connectivity index (χ1n) is 10.2. The van der Waals surface area contributed by atoms with Gasteiger partial charge in [0, 0.05) is 60.9 Å². The van der Waals surface area contributed by atoms with Crippen molar-refractivity contribution in [3.05, 3.63) is 59.9 Å². The van der Waals surface area contributed by atoms with Crippen LogP contribution in [0.3, 0.4) is 0 Å². The molecule has 2 heterocycles. The van der Waals surface area contributed by atoms with Gasteiger partial charge >= 0.3 is 0 Å². The van der Waals surface area contributed by atoms with E-state index in [0.717, 1.165) is 49.1 Å². The Labute approximate surface area is 188 Å². The summed E-state index contributed by atoms with van der Waals surface area (Å²) in [6.07, 6.45) is 3.80. The number of rotatable bonds is 5. The second-order valence-corrected chi connectivity index (χ2v) is 8.15. The second-order valence-electron chi connectivity index (χ2n) is 8.15. The smallest absolute Gasteiger partial charge is 0.251 e. The van der Waals surface area contributed by atoms with Crippen molar-refractivity contribution in [2.24, 2.45) is 0 Å². The summed E-state index contributed by atoms with van der Waals surface area (Å²) < 4.78 is 1.73. The van der Waals surface area contributed by atoms with E-state index in [0.29, 0.717) is 11.3 Å². The molecule has 7 nitrogen and oxygen atoms in total. The van der Waals surface area contributed by atoms with Crippen molar-refractivity contribution in [2.75, 3.05) is 31.5 Å². The molecule has 2 N–H and O–H groups in total. The Morgan fingerprint density at radius 3 is 2.61 bits per heavy atom. The number of nitriles is 1. The number of fused-ring (bicyclic) bond motifs is 1. The lowest BCUT2D eigenvalue weighted by Crippen LogP contribution is -2.43. The molecule has 0 radical (unpaired) electrons. The van der Waals surface area contributed by atoms with E-state index in [1.165, 1.54) is 0 Å². The minimum atomic E-state index is -0.864. The first-order chi connectivity index (χ1) is 14.5. The van der Waals surface area contributed by atoms with Crippen LogP contribution in [-0.4, -0.2) is 46.8 Å². The molecule has 31 heavy (non-hydrogen) atoms. The average Bonchev–Trinajstić information content (AvgIpc) is 3.24. The largest absolute Gasteiger partial charge is 0.323 e. The van der Waals surface area contributed by atoms with Crippen LogP contribution in [0.5, 0.6) is 0 Å². The van der Waals surface area contributed by atoms with Gasteiger partial charge in [-0.25, -0.2) is 0 Å². The Morgan fingerprint density at radius 2 is 1.90 bits per heavy atom. The first-order valence-corrected chi connectivity index (χ1v) is 10.2. The molecule has 8 heteroatoms. The standard InChI is InChI=1S/C23H26N6O.ClH/c1-23(2,29-16-17(14-26-29)15-28-11-9-25-10-12-28)22(30)27-21-8-7-18(13-24)19-5-3-4-6-20(19)21;/h3-8,14,16,25H,9-12,15H2,1-2H3,(H,27,30);1H. The van der Waals surface area contributed by atoms with Gasteiger partial charge in [-0.15, -0.1) is 12.4 Å². The molecule has 4 rings (SSSR count). The fourth-order valence-corrected chi connectivity index (χ4v) is 3.76. The van der Waals surface area contributed by atoms with E-state index in [2.05, 4.69) is 26.7 Å². The highest BCUT2D eigenvalue weighted by Crippen LogP contribution is 2.28. The fraction of sp³-hybridized carbons (Fsp3) is 0.348. The number of hydrogen-bond donors (Lipinski definition) is 2. The van der Waals surface area contributed by atoms with Crippen LogP contribution in [0, 0.1) is 11.3 Å². The molecule has 0 aliphatic carbocycles. The molecule has 0 unspecified atom stereocenters. The minimum absolute atomic E-state index is 0. The molecule has 1 fully saturated rings. The molecule has 0 bridgehead atoms. The lowest BCUT2D eigenvalue weighted by atomic mass is 10.0. The van der Waals surface area contributed by atoms with Gasteiger partial charge in [-0.05, 0) is 26.0 Å². The predicted molar refractivity (Wildman–Crippen MR) is 124 cm³/mol. The van der Waals surface area contributed by atoms with E-state index >= 15 is 0 Å². The Balaban J connectivity index is 0.00000272. The second kappa shape index (κ2) is 9.48. The Bertz CT molecular complexity index is 1110.